The Morgan fingerprint density at radius 1 is 1.04 bits per heavy atom. The monoisotopic (exact) mass is 363 g/mol. The number of pyridine rings is 1. The minimum Gasteiger partial charge on any atom is -0.503 e. The van der Waals surface area contributed by atoms with Crippen LogP contribution >= 0.6 is 0 Å². The van der Waals surface area contributed by atoms with Gasteiger partial charge in [0.05, 0.1) is 0 Å². The Bertz CT molecular complexity index is 1080. The van der Waals surface area contributed by atoms with Crippen LogP contribution in [0.15, 0.2) is 59.7 Å². The molecule has 27 heavy (non-hydrogen) atoms. The van der Waals surface area contributed by atoms with Gasteiger partial charge in [0, 0.05) is 24.4 Å². The molecule has 1 aliphatic carbocycles. The molecule has 2 aromatic carbocycles. The fourth-order valence-corrected chi connectivity index (χ4v) is 4.32. The van der Waals surface area contributed by atoms with Crippen LogP contribution in [0.5, 0.6) is 5.75 Å². The summed E-state index contributed by atoms with van der Waals surface area (Å²) < 4.78 is 1.65. The third-order valence-electron chi connectivity index (χ3n) is 5.70. The number of carbonyl (C=O) groups is 1. The minimum atomic E-state index is -1.32. The molecule has 0 aliphatic heterocycles. The number of aromatic hydroxyl groups is 1. The Morgan fingerprint density at radius 3 is 2.44 bits per heavy atom. The van der Waals surface area contributed by atoms with Gasteiger partial charge in [-0.3, -0.25) is 4.79 Å². The first-order valence-electron chi connectivity index (χ1n) is 9.14. The van der Waals surface area contributed by atoms with E-state index in [0.29, 0.717) is 6.54 Å². The Kier molecular flexibility index (Phi) is 4.22. The van der Waals surface area contributed by atoms with E-state index in [0.717, 1.165) is 25.7 Å². The van der Waals surface area contributed by atoms with Crippen molar-refractivity contribution < 1.29 is 15.0 Å². The second-order valence-electron chi connectivity index (χ2n) is 7.41. The lowest BCUT2D eigenvalue weighted by Crippen LogP contribution is -2.29. The summed E-state index contributed by atoms with van der Waals surface area (Å²) in [6.45, 7) is 0.527. The number of rotatable bonds is 4. The lowest BCUT2D eigenvalue weighted by molar-refractivity contribution is 0.0693. The van der Waals surface area contributed by atoms with Crippen LogP contribution in [0, 0.1) is 0 Å². The first kappa shape index (κ1) is 17.3. The molecule has 0 amide bonds. The van der Waals surface area contributed by atoms with Crippen molar-refractivity contribution in [3.63, 3.8) is 0 Å². The maximum Gasteiger partial charge on any atom is 0.341 e. The molecule has 0 saturated heterocycles. The standard InChI is InChI=1S/C22H21NO4/c24-19-13-23(12-18(20(19)25)21(26)27)14-22(9-3-4-10-22)17-8-7-15-5-1-2-6-16(15)11-17/h1-2,5-8,11-13,24H,3-4,9-10,14H2,(H,26,27). The molecule has 0 unspecified atom stereocenters. The number of benzene rings is 2. The highest BCUT2D eigenvalue weighted by Gasteiger charge is 2.36. The normalized spacial score (nSPS) is 15.9. The SMILES string of the molecule is O=C(O)c1cn(CC2(c3ccc4ccccc4c3)CCCC2)cc(O)c1=O. The summed E-state index contributed by atoms with van der Waals surface area (Å²) in [6.07, 6.45) is 6.86. The third kappa shape index (κ3) is 3.10. The molecule has 5 nitrogen and oxygen atoms in total. The van der Waals surface area contributed by atoms with Gasteiger partial charge in [0.1, 0.15) is 5.56 Å². The fraction of sp³-hybridized carbons (Fsp3) is 0.273. The van der Waals surface area contributed by atoms with E-state index in [4.69, 9.17) is 0 Å². The molecule has 5 heteroatoms. The number of aromatic nitrogens is 1. The van der Waals surface area contributed by atoms with Crippen molar-refractivity contribution in [2.24, 2.45) is 0 Å². The zero-order valence-electron chi connectivity index (χ0n) is 14.9. The van der Waals surface area contributed by atoms with Crippen LogP contribution in [-0.4, -0.2) is 20.7 Å². The van der Waals surface area contributed by atoms with E-state index in [-0.39, 0.29) is 5.41 Å². The van der Waals surface area contributed by atoms with Crippen LogP contribution in [0.4, 0.5) is 0 Å². The van der Waals surface area contributed by atoms with Crippen LogP contribution in [0.1, 0.15) is 41.6 Å². The summed E-state index contributed by atoms with van der Waals surface area (Å²) in [5.41, 5.74) is -0.165. The summed E-state index contributed by atoms with van der Waals surface area (Å²) in [5, 5.41) is 21.5. The van der Waals surface area contributed by atoms with Crippen molar-refractivity contribution in [2.45, 2.75) is 37.6 Å². The first-order chi connectivity index (χ1) is 13.0. The largest absolute Gasteiger partial charge is 0.503 e. The first-order valence-corrected chi connectivity index (χ1v) is 9.14. The Morgan fingerprint density at radius 2 is 1.74 bits per heavy atom. The molecular formula is C22H21NO4. The summed E-state index contributed by atoms with van der Waals surface area (Å²) in [6, 6.07) is 14.7. The molecule has 4 rings (SSSR count). The van der Waals surface area contributed by atoms with Crippen LogP contribution in [-0.2, 0) is 12.0 Å². The zero-order chi connectivity index (χ0) is 19.0. The molecule has 138 valence electrons. The average Bonchev–Trinajstić information content (AvgIpc) is 3.13. The van der Waals surface area contributed by atoms with E-state index >= 15 is 0 Å². The number of carboxylic acids is 1. The number of hydrogen-bond acceptors (Lipinski definition) is 3. The van der Waals surface area contributed by atoms with Gasteiger partial charge in [-0.1, -0.05) is 55.3 Å². The number of aromatic carboxylic acids is 1. The van der Waals surface area contributed by atoms with Crippen LogP contribution in [0.3, 0.4) is 0 Å². The highest BCUT2D eigenvalue weighted by atomic mass is 16.4. The highest BCUT2D eigenvalue weighted by molar-refractivity contribution is 5.87. The number of hydrogen-bond donors (Lipinski definition) is 2. The smallest absolute Gasteiger partial charge is 0.341 e. The molecule has 0 atom stereocenters. The summed E-state index contributed by atoms with van der Waals surface area (Å²) in [4.78, 5) is 23.2. The minimum absolute atomic E-state index is 0.138. The zero-order valence-corrected chi connectivity index (χ0v) is 14.9. The molecule has 0 bridgehead atoms. The van der Waals surface area contributed by atoms with Crippen molar-refractivity contribution in [2.75, 3.05) is 0 Å². The number of nitrogens with zero attached hydrogens (tertiary/aromatic N) is 1. The molecule has 2 N–H and O–H groups in total. The molecule has 1 saturated carbocycles. The van der Waals surface area contributed by atoms with Gasteiger partial charge in [-0.25, -0.2) is 4.79 Å². The van der Waals surface area contributed by atoms with E-state index in [1.807, 2.05) is 12.1 Å². The summed E-state index contributed by atoms with van der Waals surface area (Å²) in [5.74, 6) is -1.85. The van der Waals surface area contributed by atoms with Crippen molar-refractivity contribution in [1.82, 2.24) is 4.57 Å². The van der Waals surface area contributed by atoms with Crippen molar-refractivity contribution in [1.29, 1.82) is 0 Å². The highest BCUT2D eigenvalue weighted by Crippen LogP contribution is 2.43. The van der Waals surface area contributed by atoms with Gasteiger partial charge in [-0.2, -0.15) is 0 Å². The van der Waals surface area contributed by atoms with Gasteiger partial charge in [-0.15, -0.1) is 0 Å². The lowest BCUT2D eigenvalue weighted by Gasteiger charge is -2.31. The van der Waals surface area contributed by atoms with Crippen LogP contribution in [0.2, 0.25) is 0 Å². The molecule has 0 radical (unpaired) electrons. The van der Waals surface area contributed by atoms with E-state index in [2.05, 4.69) is 30.3 Å². The Balaban J connectivity index is 1.78. The van der Waals surface area contributed by atoms with Crippen molar-refractivity contribution in [3.8, 4) is 5.75 Å². The predicted octanol–water partition coefficient (Wildman–Crippen LogP) is 3.92. The van der Waals surface area contributed by atoms with Gasteiger partial charge in [0.15, 0.2) is 5.75 Å². The molecular weight excluding hydrogens is 342 g/mol. The van der Waals surface area contributed by atoms with Crippen LogP contribution < -0.4 is 5.43 Å². The van der Waals surface area contributed by atoms with E-state index in [1.54, 1.807) is 4.57 Å². The van der Waals surface area contributed by atoms with Gasteiger partial charge < -0.3 is 14.8 Å². The maximum atomic E-state index is 11.9. The van der Waals surface area contributed by atoms with Gasteiger partial charge in [0.2, 0.25) is 5.43 Å². The molecule has 1 aliphatic rings. The molecule has 1 aromatic heterocycles. The second kappa shape index (κ2) is 6.58. The van der Waals surface area contributed by atoms with Gasteiger partial charge in [0.25, 0.3) is 0 Å². The Hall–Kier alpha value is -3.08. The van der Waals surface area contributed by atoms with E-state index in [1.165, 1.54) is 28.7 Å². The van der Waals surface area contributed by atoms with E-state index < -0.39 is 22.7 Å². The lowest BCUT2D eigenvalue weighted by atomic mass is 9.78. The van der Waals surface area contributed by atoms with E-state index in [9.17, 15) is 19.8 Å². The Labute approximate surface area is 156 Å². The summed E-state index contributed by atoms with van der Waals surface area (Å²) >= 11 is 0. The van der Waals surface area contributed by atoms with Crippen molar-refractivity contribution >= 4 is 16.7 Å². The maximum absolute atomic E-state index is 11.9. The second-order valence-corrected chi connectivity index (χ2v) is 7.41. The molecule has 0 spiro atoms. The topological polar surface area (TPSA) is 79.5 Å². The predicted molar refractivity (Wildman–Crippen MR) is 103 cm³/mol. The van der Waals surface area contributed by atoms with Gasteiger partial charge >= 0.3 is 5.97 Å². The number of carboxylic acid groups (broad SMARTS) is 1. The fourth-order valence-electron chi connectivity index (χ4n) is 4.32. The molecule has 1 fully saturated rings. The number of fused-ring (bicyclic) bond motifs is 1. The summed E-state index contributed by atoms with van der Waals surface area (Å²) in [7, 11) is 0. The quantitative estimate of drug-likeness (QED) is 0.736. The van der Waals surface area contributed by atoms with Crippen molar-refractivity contribution in [3.05, 3.63) is 76.2 Å². The molecule has 1 heterocycles. The van der Waals surface area contributed by atoms with Gasteiger partial charge in [-0.05, 0) is 29.2 Å². The third-order valence-corrected chi connectivity index (χ3v) is 5.70. The molecule has 3 aromatic rings. The van der Waals surface area contributed by atoms with Crippen LogP contribution in [0.25, 0.3) is 10.8 Å². The average molecular weight is 363 g/mol.